The van der Waals surface area contributed by atoms with Gasteiger partial charge in [0.05, 0.1) is 5.69 Å². The quantitative estimate of drug-likeness (QED) is 0.689. The van der Waals surface area contributed by atoms with Gasteiger partial charge in [0.15, 0.2) is 6.29 Å². The number of aromatic amines is 1. The van der Waals surface area contributed by atoms with Crippen LogP contribution in [0.25, 0.3) is 22.2 Å². The lowest BCUT2D eigenvalue weighted by atomic mass is 10.0. The van der Waals surface area contributed by atoms with Gasteiger partial charge in [-0.1, -0.05) is 11.6 Å². The number of rotatable bonds is 2. The molecule has 2 aromatic carbocycles. The van der Waals surface area contributed by atoms with E-state index in [0.29, 0.717) is 17.5 Å². The highest BCUT2D eigenvalue weighted by atomic mass is 19.1. The van der Waals surface area contributed by atoms with Crippen LogP contribution in [0.3, 0.4) is 0 Å². The summed E-state index contributed by atoms with van der Waals surface area (Å²) in [6.07, 6.45) is 0.678. The van der Waals surface area contributed by atoms with E-state index in [1.807, 2.05) is 26.0 Å². The van der Waals surface area contributed by atoms with Crippen LogP contribution in [-0.2, 0) is 0 Å². The van der Waals surface area contributed by atoms with Gasteiger partial charge >= 0.3 is 0 Å². The first-order valence-corrected chi connectivity index (χ1v) is 6.55. The highest BCUT2D eigenvalue weighted by Crippen LogP contribution is 2.33. The van der Waals surface area contributed by atoms with Crippen molar-refractivity contribution in [1.29, 1.82) is 0 Å². The summed E-state index contributed by atoms with van der Waals surface area (Å²) in [6, 6.07) is 7.04. The largest absolute Gasteiger partial charge is 0.354 e. The minimum Gasteiger partial charge on any atom is -0.354 e. The van der Waals surface area contributed by atoms with Crippen LogP contribution in [0, 0.1) is 25.5 Å². The molecule has 0 atom stereocenters. The molecule has 0 fully saturated rings. The Morgan fingerprint density at radius 2 is 1.86 bits per heavy atom. The van der Waals surface area contributed by atoms with E-state index in [-0.39, 0.29) is 5.56 Å². The monoisotopic (exact) mass is 285 g/mol. The third-order valence-corrected chi connectivity index (χ3v) is 3.60. The highest BCUT2D eigenvalue weighted by Gasteiger charge is 2.17. The van der Waals surface area contributed by atoms with E-state index >= 15 is 0 Å². The summed E-state index contributed by atoms with van der Waals surface area (Å²) < 4.78 is 27.4. The Kier molecular flexibility index (Phi) is 3.09. The van der Waals surface area contributed by atoms with Gasteiger partial charge in [0, 0.05) is 22.0 Å². The first kappa shape index (κ1) is 13.5. The topological polar surface area (TPSA) is 32.9 Å². The predicted octanol–water partition coefficient (Wildman–Crippen LogP) is 4.54. The number of fused-ring (bicyclic) bond motifs is 1. The molecule has 1 N–H and O–H groups in total. The van der Waals surface area contributed by atoms with Crippen molar-refractivity contribution < 1.29 is 13.6 Å². The van der Waals surface area contributed by atoms with Gasteiger partial charge < -0.3 is 4.98 Å². The average molecular weight is 285 g/mol. The lowest BCUT2D eigenvalue weighted by Gasteiger charge is -2.02. The molecule has 3 rings (SSSR count). The fourth-order valence-corrected chi connectivity index (χ4v) is 2.70. The molecule has 4 heteroatoms. The van der Waals surface area contributed by atoms with Crippen molar-refractivity contribution in [2.75, 3.05) is 0 Å². The summed E-state index contributed by atoms with van der Waals surface area (Å²) in [5.41, 5.74) is 3.45. The van der Waals surface area contributed by atoms with Crippen molar-refractivity contribution in [3.63, 3.8) is 0 Å². The Morgan fingerprint density at radius 1 is 1.10 bits per heavy atom. The zero-order chi connectivity index (χ0) is 15.1. The molecule has 21 heavy (non-hydrogen) atoms. The molecule has 2 nitrogen and oxygen atoms in total. The van der Waals surface area contributed by atoms with Gasteiger partial charge in [-0.05, 0) is 43.7 Å². The summed E-state index contributed by atoms with van der Waals surface area (Å²) in [7, 11) is 0. The van der Waals surface area contributed by atoms with Gasteiger partial charge in [-0.2, -0.15) is 0 Å². The Bertz CT molecular complexity index is 865. The van der Waals surface area contributed by atoms with E-state index in [4.69, 9.17) is 0 Å². The number of hydrogen-bond acceptors (Lipinski definition) is 1. The minimum atomic E-state index is -0.569. The van der Waals surface area contributed by atoms with Crippen LogP contribution >= 0.6 is 0 Å². The molecule has 0 aliphatic heterocycles. The zero-order valence-electron chi connectivity index (χ0n) is 11.6. The average Bonchev–Trinajstić information content (AvgIpc) is 2.80. The van der Waals surface area contributed by atoms with E-state index < -0.39 is 11.6 Å². The summed E-state index contributed by atoms with van der Waals surface area (Å²) >= 11 is 0. The molecule has 0 radical (unpaired) electrons. The van der Waals surface area contributed by atoms with Crippen LogP contribution < -0.4 is 0 Å². The maximum atomic E-state index is 14.0. The standard InChI is InChI=1S/C17H13F2NO/c1-9-5-10(2)16-12(6-9)14(8-21)17(20-16)13-7-11(18)3-4-15(13)19/h3-8,20H,1-2H3. The van der Waals surface area contributed by atoms with E-state index in [9.17, 15) is 13.6 Å². The third kappa shape index (κ3) is 2.13. The van der Waals surface area contributed by atoms with Crippen LogP contribution in [0.4, 0.5) is 8.78 Å². The second kappa shape index (κ2) is 4.81. The fraction of sp³-hybridized carbons (Fsp3) is 0.118. The number of carbonyl (C=O) groups is 1. The van der Waals surface area contributed by atoms with Gasteiger partial charge in [0.25, 0.3) is 0 Å². The number of H-pyrrole nitrogens is 1. The SMILES string of the molecule is Cc1cc(C)c2[nH]c(-c3cc(F)ccc3F)c(C=O)c2c1. The molecule has 106 valence electrons. The molecular weight excluding hydrogens is 272 g/mol. The molecule has 1 aromatic heterocycles. The van der Waals surface area contributed by atoms with Gasteiger partial charge in [-0.15, -0.1) is 0 Å². The second-order valence-corrected chi connectivity index (χ2v) is 5.16. The summed E-state index contributed by atoms with van der Waals surface area (Å²) in [5.74, 6) is -1.12. The molecule has 0 bridgehead atoms. The zero-order valence-corrected chi connectivity index (χ0v) is 11.6. The van der Waals surface area contributed by atoms with Crippen molar-refractivity contribution in [2.24, 2.45) is 0 Å². The predicted molar refractivity (Wildman–Crippen MR) is 78.5 cm³/mol. The van der Waals surface area contributed by atoms with Crippen LogP contribution in [0.15, 0.2) is 30.3 Å². The van der Waals surface area contributed by atoms with Crippen molar-refractivity contribution in [3.05, 3.63) is 58.7 Å². The van der Waals surface area contributed by atoms with Crippen molar-refractivity contribution in [1.82, 2.24) is 4.98 Å². The maximum absolute atomic E-state index is 14.0. The Morgan fingerprint density at radius 3 is 2.57 bits per heavy atom. The van der Waals surface area contributed by atoms with Crippen LogP contribution in [0.5, 0.6) is 0 Å². The number of carbonyl (C=O) groups excluding carboxylic acids is 1. The molecule has 3 aromatic rings. The second-order valence-electron chi connectivity index (χ2n) is 5.16. The van der Waals surface area contributed by atoms with Crippen molar-refractivity contribution in [3.8, 4) is 11.3 Å². The van der Waals surface area contributed by atoms with Crippen LogP contribution in [0.1, 0.15) is 21.5 Å². The smallest absolute Gasteiger partial charge is 0.152 e. The fourth-order valence-electron chi connectivity index (χ4n) is 2.70. The molecule has 0 aliphatic carbocycles. The number of halogens is 2. The Labute approximate surface area is 120 Å². The Balaban J connectivity index is 2.40. The first-order chi connectivity index (χ1) is 10.0. The lowest BCUT2D eigenvalue weighted by molar-refractivity contribution is 0.112. The molecule has 1 heterocycles. The van der Waals surface area contributed by atoms with Crippen LogP contribution in [-0.4, -0.2) is 11.3 Å². The van der Waals surface area contributed by atoms with Crippen LogP contribution in [0.2, 0.25) is 0 Å². The van der Waals surface area contributed by atoms with Crippen molar-refractivity contribution >= 4 is 17.2 Å². The third-order valence-electron chi connectivity index (χ3n) is 3.60. The van der Waals surface area contributed by atoms with Gasteiger partial charge in [-0.3, -0.25) is 4.79 Å². The number of benzene rings is 2. The van der Waals surface area contributed by atoms with Gasteiger partial charge in [0.2, 0.25) is 0 Å². The highest BCUT2D eigenvalue weighted by molar-refractivity contribution is 6.05. The molecule has 0 aliphatic rings. The molecule has 0 spiro atoms. The number of nitrogens with one attached hydrogen (secondary N) is 1. The number of aryl methyl sites for hydroxylation is 2. The normalized spacial score (nSPS) is 11.0. The molecule has 0 saturated heterocycles. The molecule has 0 saturated carbocycles. The van der Waals surface area contributed by atoms with E-state index in [1.165, 1.54) is 0 Å². The molecule has 0 unspecified atom stereocenters. The minimum absolute atomic E-state index is 0.0605. The Hall–Kier alpha value is -2.49. The van der Waals surface area contributed by atoms with Gasteiger partial charge in [-0.25, -0.2) is 8.78 Å². The summed E-state index contributed by atoms with van der Waals surface area (Å²) in [4.78, 5) is 14.5. The maximum Gasteiger partial charge on any atom is 0.152 e. The van der Waals surface area contributed by atoms with E-state index in [1.54, 1.807) is 0 Å². The number of aromatic nitrogens is 1. The van der Waals surface area contributed by atoms with Gasteiger partial charge in [0.1, 0.15) is 11.6 Å². The molecule has 0 amide bonds. The first-order valence-electron chi connectivity index (χ1n) is 6.55. The summed E-state index contributed by atoms with van der Waals surface area (Å²) in [6.45, 7) is 3.84. The molecular formula is C17H13F2NO. The van der Waals surface area contributed by atoms with E-state index in [0.717, 1.165) is 40.2 Å². The lowest BCUT2D eigenvalue weighted by Crippen LogP contribution is -1.90. The summed E-state index contributed by atoms with van der Waals surface area (Å²) in [5, 5.41) is 0.723. The number of hydrogen-bond donors (Lipinski definition) is 1. The van der Waals surface area contributed by atoms with Crippen molar-refractivity contribution in [2.45, 2.75) is 13.8 Å². The number of aldehydes is 1. The van der Waals surface area contributed by atoms with E-state index in [2.05, 4.69) is 4.98 Å².